The van der Waals surface area contributed by atoms with E-state index in [0.29, 0.717) is 11.1 Å². The predicted octanol–water partition coefficient (Wildman–Crippen LogP) is 3.17. The normalized spacial score (nSPS) is 19.8. The van der Waals surface area contributed by atoms with E-state index < -0.39 is 0 Å². The van der Waals surface area contributed by atoms with Crippen molar-refractivity contribution >= 4 is 11.6 Å². The lowest BCUT2D eigenvalue weighted by Crippen LogP contribution is -2.30. The van der Waals surface area contributed by atoms with Crippen LogP contribution in [0.1, 0.15) is 25.8 Å². The van der Waals surface area contributed by atoms with Gasteiger partial charge in [0.25, 0.3) is 0 Å². The van der Waals surface area contributed by atoms with Gasteiger partial charge in [0.1, 0.15) is 5.75 Å². The number of likely N-dealkylation sites (tertiary alicyclic amines) is 1. The second kappa shape index (κ2) is 7.30. The van der Waals surface area contributed by atoms with E-state index in [2.05, 4.69) is 30.1 Å². The molecule has 20 heavy (non-hydrogen) atoms. The van der Waals surface area contributed by atoms with Crippen LogP contribution < -0.4 is 10.1 Å². The molecule has 0 aromatic heterocycles. The molecule has 0 spiro atoms. The summed E-state index contributed by atoms with van der Waals surface area (Å²) in [5.41, 5.74) is 1.20. The summed E-state index contributed by atoms with van der Waals surface area (Å²) >= 11 is 6.13. The number of methoxy groups -OCH3 is 1. The van der Waals surface area contributed by atoms with E-state index >= 15 is 0 Å². The minimum atomic E-state index is 0.667. The van der Waals surface area contributed by atoms with E-state index in [0.717, 1.165) is 24.8 Å². The summed E-state index contributed by atoms with van der Waals surface area (Å²) in [6.45, 7) is 8.94. The molecular formula is C16H25ClN2O. The quantitative estimate of drug-likeness (QED) is 0.873. The van der Waals surface area contributed by atoms with Crippen LogP contribution >= 0.6 is 11.6 Å². The molecule has 1 saturated heterocycles. The number of hydrogen-bond acceptors (Lipinski definition) is 3. The lowest BCUT2D eigenvalue weighted by molar-refractivity contribution is 0.264. The minimum Gasteiger partial charge on any atom is -0.495 e. The zero-order valence-corrected chi connectivity index (χ0v) is 13.4. The summed E-state index contributed by atoms with van der Waals surface area (Å²) in [4.78, 5) is 2.55. The predicted molar refractivity (Wildman–Crippen MR) is 84.5 cm³/mol. The highest BCUT2D eigenvalue weighted by molar-refractivity contribution is 6.32. The Morgan fingerprint density at radius 2 is 2.25 bits per heavy atom. The summed E-state index contributed by atoms with van der Waals surface area (Å²) in [7, 11) is 1.64. The number of halogens is 1. The number of nitrogens with zero attached hydrogens (tertiary/aromatic N) is 1. The molecule has 1 aliphatic heterocycles. The molecule has 3 nitrogen and oxygen atoms in total. The maximum absolute atomic E-state index is 6.13. The molecule has 0 saturated carbocycles. The van der Waals surface area contributed by atoms with Gasteiger partial charge in [0.2, 0.25) is 0 Å². The van der Waals surface area contributed by atoms with E-state index in [1.807, 2.05) is 12.1 Å². The van der Waals surface area contributed by atoms with Crippen molar-refractivity contribution in [3.05, 3.63) is 28.8 Å². The first-order chi connectivity index (χ1) is 9.60. The van der Waals surface area contributed by atoms with Crippen molar-refractivity contribution in [2.24, 2.45) is 5.92 Å². The van der Waals surface area contributed by atoms with Crippen LogP contribution in [0.15, 0.2) is 18.2 Å². The molecule has 1 unspecified atom stereocenters. The molecule has 0 bridgehead atoms. The van der Waals surface area contributed by atoms with Gasteiger partial charge in [-0.05, 0) is 57.0 Å². The topological polar surface area (TPSA) is 24.5 Å². The molecule has 2 rings (SSSR count). The van der Waals surface area contributed by atoms with Crippen LogP contribution in [-0.4, -0.2) is 37.7 Å². The van der Waals surface area contributed by atoms with Gasteiger partial charge in [-0.25, -0.2) is 0 Å². The van der Waals surface area contributed by atoms with Crippen molar-refractivity contribution in [3.63, 3.8) is 0 Å². The number of benzene rings is 1. The van der Waals surface area contributed by atoms with Crippen molar-refractivity contribution in [1.29, 1.82) is 0 Å². The second-order valence-corrected chi connectivity index (χ2v) is 6.25. The fourth-order valence-electron chi connectivity index (χ4n) is 2.74. The lowest BCUT2D eigenvalue weighted by Gasteiger charge is -2.20. The van der Waals surface area contributed by atoms with Crippen LogP contribution in [0.2, 0.25) is 5.02 Å². The van der Waals surface area contributed by atoms with Gasteiger partial charge in [-0.3, -0.25) is 0 Å². The second-order valence-electron chi connectivity index (χ2n) is 5.84. The first kappa shape index (κ1) is 15.6. The largest absolute Gasteiger partial charge is 0.495 e. The van der Waals surface area contributed by atoms with Gasteiger partial charge in [0.05, 0.1) is 12.1 Å². The molecule has 0 aliphatic carbocycles. The van der Waals surface area contributed by atoms with Crippen LogP contribution in [-0.2, 0) is 6.54 Å². The van der Waals surface area contributed by atoms with Crippen molar-refractivity contribution in [1.82, 2.24) is 10.2 Å². The van der Waals surface area contributed by atoms with E-state index in [1.54, 1.807) is 7.11 Å². The lowest BCUT2D eigenvalue weighted by atomic mass is 10.1. The number of ether oxygens (including phenoxy) is 1. The fraction of sp³-hybridized carbons (Fsp3) is 0.625. The molecule has 4 heteroatoms. The molecule has 0 radical (unpaired) electrons. The van der Waals surface area contributed by atoms with E-state index in [-0.39, 0.29) is 0 Å². The Hall–Kier alpha value is -0.770. The maximum atomic E-state index is 6.13. The maximum Gasteiger partial charge on any atom is 0.137 e. The summed E-state index contributed by atoms with van der Waals surface area (Å²) in [6.07, 6.45) is 1.30. The molecule has 112 valence electrons. The standard InChI is InChI=1S/C16H25ClN2O/c1-12(2)19-7-6-14(11-19)10-18-9-13-4-5-16(20-3)15(17)8-13/h4-5,8,12,14,18H,6-7,9-11H2,1-3H3. The molecular weight excluding hydrogens is 272 g/mol. The SMILES string of the molecule is COc1ccc(CNCC2CCN(C(C)C)C2)cc1Cl. The van der Waals surface area contributed by atoms with Gasteiger partial charge in [0, 0.05) is 19.1 Å². The van der Waals surface area contributed by atoms with Gasteiger partial charge in [-0.15, -0.1) is 0 Å². The average Bonchev–Trinajstić information content (AvgIpc) is 2.88. The highest BCUT2D eigenvalue weighted by Gasteiger charge is 2.23. The molecule has 0 amide bonds. The van der Waals surface area contributed by atoms with Crippen molar-refractivity contribution < 1.29 is 4.74 Å². The Labute approximate surface area is 127 Å². The molecule has 1 aromatic rings. The Kier molecular flexibility index (Phi) is 5.70. The fourth-order valence-corrected chi connectivity index (χ4v) is 3.02. The molecule has 1 aliphatic rings. The summed E-state index contributed by atoms with van der Waals surface area (Å²) in [5, 5.41) is 4.22. The molecule has 1 fully saturated rings. The monoisotopic (exact) mass is 296 g/mol. The zero-order valence-electron chi connectivity index (χ0n) is 12.7. The Bertz CT molecular complexity index is 436. The first-order valence-corrected chi connectivity index (χ1v) is 7.75. The van der Waals surface area contributed by atoms with E-state index in [9.17, 15) is 0 Å². The Morgan fingerprint density at radius 1 is 1.45 bits per heavy atom. The van der Waals surface area contributed by atoms with Crippen molar-refractivity contribution in [2.45, 2.75) is 32.9 Å². The first-order valence-electron chi connectivity index (χ1n) is 7.37. The highest BCUT2D eigenvalue weighted by atomic mass is 35.5. The third-order valence-electron chi connectivity index (χ3n) is 4.03. The zero-order chi connectivity index (χ0) is 14.5. The summed E-state index contributed by atoms with van der Waals surface area (Å²) in [6, 6.07) is 6.63. The smallest absolute Gasteiger partial charge is 0.137 e. The third kappa shape index (κ3) is 4.11. The highest BCUT2D eigenvalue weighted by Crippen LogP contribution is 2.25. The van der Waals surface area contributed by atoms with Crippen molar-refractivity contribution in [2.75, 3.05) is 26.7 Å². The van der Waals surface area contributed by atoms with Crippen LogP contribution in [0.5, 0.6) is 5.75 Å². The number of rotatable bonds is 6. The Balaban J connectivity index is 1.75. The van der Waals surface area contributed by atoms with Crippen LogP contribution in [0, 0.1) is 5.92 Å². The van der Waals surface area contributed by atoms with Gasteiger partial charge in [0.15, 0.2) is 0 Å². The minimum absolute atomic E-state index is 0.667. The molecule has 1 heterocycles. The van der Waals surface area contributed by atoms with Crippen LogP contribution in [0.25, 0.3) is 0 Å². The average molecular weight is 297 g/mol. The van der Waals surface area contributed by atoms with Gasteiger partial charge in [-0.2, -0.15) is 0 Å². The summed E-state index contributed by atoms with van der Waals surface area (Å²) in [5.74, 6) is 1.50. The van der Waals surface area contributed by atoms with Gasteiger partial charge in [-0.1, -0.05) is 17.7 Å². The van der Waals surface area contributed by atoms with Gasteiger partial charge < -0.3 is 15.0 Å². The Morgan fingerprint density at radius 3 is 2.85 bits per heavy atom. The van der Waals surface area contributed by atoms with E-state index in [1.165, 1.54) is 25.1 Å². The van der Waals surface area contributed by atoms with Crippen LogP contribution in [0.4, 0.5) is 0 Å². The van der Waals surface area contributed by atoms with Crippen LogP contribution in [0.3, 0.4) is 0 Å². The van der Waals surface area contributed by atoms with Crippen molar-refractivity contribution in [3.8, 4) is 5.75 Å². The summed E-state index contributed by atoms with van der Waals surface area (Å²) < 4.78 is 5.16. The molecule has 1 aromatic carbocycles. The van der Waals surface area contributed by atoms with E-state index in [4.69, 9.17) is 16.3 Å². The molecule has 1 atom stereocenters. The molecule has 1 N–H and O–H groups in total. The number of nitrogens with one attached hydrogen (secondary N) is 1. The number of hydrogen-bond donors (Lipinski definition) is 1. The van der Waals surface area contributed by atoms with Gasteiger partial charge >= 0.3 is 0 Å². The third-order valence-corrected chi connectivity index (χ3v) is 4.32.